The van der Waals surface area contributed by atoms with E-state index in [9.17, 15) is 34.2 Å². The number of nitrogens with zero attached hydrogens (tertiary/aromatic N) is 2. The number of primary amides is 1. The van der Waals surface area contributed by atoms with Crippen molar-refractivity contribution in [3.63, 3.8) is 0 Å². The largest absolute Gasteiger partial charge is 0.507 e. The third kappa shape index (κ3) is 3.73. The zero-order valence-corrected chi connectivity index (χ0v) is 21.4. The third-order valence-corrected chi connectivity index (χ3v) is 8.12. The smallest absolute Gasteiger partial charge is 0.235 e. The van der Waals surface area contributed by atoms with Gasteiger partial charge >= 0.3 is 0 Å². The van der Waals surface area contributed by atoms with Crippen molar-refractivity contribution in [2.24, 2.45) is 34.6 Å². The first-order valence-corrected chi connectivity index (χ1v) is 12.3. The Morgan fingerprint density at radius 1 is 1.18 bits per heavy atom. The number of hydrogen-bond acceptors (Lipinski definition) is 11. The van der Waals surface area contributed by atoms with Crippen LogP contribution in [0.1, 0.15) is 28.1 Å². The van der Waals surface area contributed by atoms with Crippen molar-refractivity contribution < 1.29 is 43.4 Å². The lowest BCUT2D eigenvalue weighted by Gasteiger charge is -2.52. The summed E-state index contributed by atoms with van der Waals surface area (Å²) in [5.41, 5.74) is 3.41. The molecule has 1 aromatic heterocycles. The van der Waals surface area contributed by atoms with Gasteiger partial charge in [-0.05, 0) is 62.7 Å². The normalized spacial score (nSPS) is 30.3. The van der Waals surface area contributed by atoms with E-state index in [0.29, 0.717) is 22.6 Å². The fraction of sp³-hybridized carbons (Fsp3) is 0.407. The number of nitrogens with two attached hydrogens (primary N) is 1. The van der Waals surface area contributed by atoms with Crippen LogP contribution in [0, 0.1) is 23.7 Å². The Morgan fingerprint density at radius 2 is 1.90 bits per heavy atom. The van der Waals surface area contributed by atoms with Crippen molar-refractivity contribution in [2.75, 3.05) is 21.2 Å². The van der Waals surface area contributed by atoms with Crippen molar-refractivity contribution >= 4 is 35.3 Å². The number of fused-ring (bicyclic) bond motifs is 3. The van der Waals surface area contributed by atoms with Crippen LogP contribution in [0.15, 0.2) is 33.8 Å². The molecule has 3 unspecified atom stereocenters. The summed E-state index contributed by atoms with van der Waals surface area (Å²) in [5, 5.41) is 26.0. The highest BCUT2D eigenvalue weighted by molar-refractivity contribution is 6.32. The lowest BCUT2D eigenvalue weighted by atomic mass is 9.52. The topological polar surface area (TPSA) is 190 Å². The molecule has 4 N–H and O–H groups in total. The molecular weight excluding hydrogens is 510 g/mol. The molecule has 0 saturated heterocycles. The summed E-state index contributed by atoms with van der Waals surface area (Å²) in [4.78, 5) is 72.3. The summed E-state index contributed by atoms with van der Waals surface area (Å²) in [6.45, 7) is 0. The number of likely N-dealkylation sites (N-methyl/N-ethyl adjacent to an activating group) is 1. The minimum atomic E-state index is -2.76. The maximum Gasteiger partial charge on any atom is 0.235 e. The maximum absolute atomic E-state index is 13.9. The number of carbonyl (C=O) groups is 5. The molecule has 0 bridgehead atoms. The number of amides is 1. The number of phenolic OH excluding ortho intramolecular Hbond substituents is 1. The summed E-state index contributed by atoms with van der Waals surface area (Å²) in [6.07, 6.45) is 1.44. The number of rotatable bonds is 5. The minimum absolute atomic E-state index is 0.0388. The van der Waals surface area contributed by atoms with Crippen molar-refractivity contribution in [2.45, 2.75) is 24.5 Å². The van der Waals surface area contributed by atoms with E-state index in [1.807, 2.05) is 0 Å². The van der Waals surface area contributed by atoms with Gasteiger partial charge in [0.25, 0.3) is 0 Å². The maximum atomic E-state index is 13.9. The van der Waals surface area contributed by atoms with Crippen molar-refractivity contribution in [1.82, 2.24) is 4.90 Å². The average Bonchev–Trinajstić information content (AvgIpc) is 3.33. The van der Waals surface area contributed by atoms with Crippen molar-refractivity contribution in [3.8, 4) is 17.1 Å². The number of carbonyl (C=O) groups excluding carboxylic acids is 5. The number of aromatic hydroxyl groups is 1. The van der Waals surface area contributed by atoms with Crippen LogP contribution in [0.4, 0.5) is 0 Å². The summed E-state index contributed by atoms with van der Waals surface area (Å²) < 4.78 is 5.81. The van der Waals surface area contributed by atoms with Gasteiger partial charge < -0.3 is 25.2 Å². The molecule has 39 heavy (non-hydrogen) atoms. The van der Waals surface area contributed by atoms with Gasteiger partial charge in [0.15, 0.2) is 34.7 Å². The number of aliphatic hydroxyl groups is 1. The summed E-state index contributed by atoms with van der Waals surface area (Å²) in [5.74, 6) is -10.2. The molecule has 1 aromatic carbocycles. The highest BCUT2D eigenvalue weighted by atomic mass is 16.6. The number of furan rings is 1. The third-order valence-electron chi connectivity index (χ3n) is 8.12. The van der Waals surface area contributed by atoms with Crippen LogP contribution in [0.3, 0.4) is 0 Å². The van der Waals surface area contributed by atoms with Gasteiger partial charge in [-0.1, -0.05) is 5.16 Å². The molecule has 5 rings (SSSR count). The van der Waals surface area contributed by atoms with Crippen LogP contribution in [0.25, 0.3) is 11.3 Å². The second-order valence-electron chi connectivity index (χ2n) is 10.4. The number of Topliss-reactive ketones (excluding diaryl/α,β-unsaturated/α-hetero) is 4. The average molecular weight is 538 g/mol. The Bertz CT molecular complexity index is 1460. The summed E-state index contributed by atoms with van der Waals surface area (Å²) >= 11 is 0. The van der Waals surface area contributed by atoms with E-state index >= 15 is 0 Å². The highest BCUT2D eigenvalue weighted by Gasteiger charge is 2.69. The first-order chi connectivity index (χ1) is 18.4. The lowest BCUT2D eigenvalue weighted by molar-refractivity contribution is -0.181. The summed E-state index contributed by atoms with van der Waals surface area (Å²) in [6, 6.07) is 5.04. The van der Waals surface area contributed by atoms with Gasteiger partial charge in [0, 0.05) is 11.5 Å². The van der Waals surface area contributed by atoms with E-state index in [1.165, 1.54) is 38.4 Å². The van der Waals surface area contributed by atoms with E-state index in [0.717, 1.165) is 0 Å². The van der Waals surface area contributed by atoms with Crippen LogP contribution < -0.4 is 5.73 Å². The standard InChI is InChI=1S/C27H27N3O9/c1-30(2)21-15-9-11-8-14-13(17-7-4-12(39-17)10-29-38-3)5-6-16(31)19(14)22(32)18(11)24(34)27(15,37)25(35)20(23(21)33)26(28)36/h4-7,10-11,15,18,20-21,31,37H,8-9H2,1-3H3,(H2,28,36)/b29-10-/t11-,15-,18?,20?,21?,27-/m1/s1. The van der Waals surface area contributed by atoms with Crippen LogP contribution in [-0.2, 0) is 30.4 Å². The van der Waals surface area contributed by atoms with Gasteiger partial charge in [-0.25, -0.2) is 0 Å². The molecule has 3 aliphatic rings. The SMILES string of the molecule is CO/N=C\c1ccc(-c2ccc(O)c3c2C[C@@H]2C[C@@H]4C(N(C)C)C(=O)C(C(N)=O)C(=O)[C@]4(O)C(=O)C2C3=O)o1. The molecule has 2 saturated carbocycles. The number of hydrogen-bond donors (Lipinski definition) is 3. The molecule has 1 heterocycles. The molecule has 0 aliphatic heterocycles. The number of oxime groups is 1. The van der Waals surface area contributed by atoms with E-state index < -0.39 is 64.4 Å². The van der Waals surface area contributed by atoms with Crippen LogP contribution in [-0.4, -0.2) is 83.2 Å². The molecule has 2 fully saturated rings. The highest BCUT2D eigenvalue weighted by Crippen LogP contribution is 2.51. The van der Waals surface area contributed by atoms with Gasteiger partial charge in [-0.3, -0.25) is 28.9 Å². The minimum Gasteiger partial charge on any atom is -0.507 e. The quantitative estimate of drug-likeness (QED) is 0.268. The van der Waals surface area contributed by atoms with Crippen molar-refractivity contribution in [3.05, 3.63) is 41.2 Å². The lowest BCUT2D eigenvalue weighted by Crippen LogP contribution is -2.74. The Kier molecular flexibility index (Phi) is 6.27. The van der Waals surface area contributed by atoms with Crippen molar-refractivity contribution in [1.29, 1.82) is 0 Å². The van der Waals surface area contributed by atoms with Gasteiger partial charge in [0.05, 0.1) is 17.5 Å². The molecule has 0 spiro atoms. The molecule has 6 atom stereocenters. The van der Waals surface area contributed by atoms with E-state index in [1.54, 1.807) is 18.2 Å². The van der Waals surface area contributed by atoms with Gasteiger partial charge in [0.2, 0.25) is 5.91 Å². The number of phenols is 1. The Hall–Kier alpha value is -4.16. The molecule has 204 valence electrons. The predicted molar refractivity (Wildman–Crippen MR) is 134 cm³/mol. The van der Waals surface area contributed by atoms with E-state index in [2.05, 4.69) is 9.99 Å². The molecule has 12 heteroatoms. The van der Waals surface area contributed by atoms with Crippen LogP contribution >= 0.6 is 0 Å². The second-order valence-corrected chi connectivity index (χ2v) is 10.4. The summed E-state index contributed by atoms with van der Waals surface area (Å²) in [7, 11) is 4.45. The fourth-order valence-corrected chi connectivity index (χ4v) is 6.51. The molecule has 1 amide bonds. The predicted octanol–water partition coefficient (Wildman–Crippen LogP) is 0.107. The van der Waals surface area contributed by atoms with E-state index in [-0.39, 0.29) is 24.2 Å². The molecular formula is C27H27N3O9. The van der Waals surface area contributed by atoms with E-state index in [4.69, 9.17) is 10.2 Å². The number of benzene rings is 1. The second kappa shape index (κ2) is 9.24. The van der Waals surface area contributed by atoms with Gasteiger partial charge in [-0.15, -0.1) is 0 Å². The Morgan fingerprint density at radius 3 is 2.54 bits per heavy atom. The molecule has 3 aliphatic carbocycles. The fourth-order valence-electron chi connectivity index (χ4n) is 6.51. The first kappa shape index (κ1) is 26.4. The molecule has 0 radical (unpaired) electrons. The Labute approximate surface area is 222 Å². The van der Waals surface area contributed by atoms with Gasteiger partial charge in [-0.2, -0.15) is 0 Å². The monoisotopic (exact) mass is 537 g/mol. The van der Waals surface area contributed by atoms with Crippen LogP contribution in [0.2, 0.25) is 0 Å². The zero-order chi connectivity index (χ0) is 28.4. The Balaban J connectivity index is 1.62. The molecule has 12 nitrogen and oxygen atoms in total. The number of ketones is 4. The first-order valence-electron chi connectivity index (χ1n) is 12.3. The molecule has 2 aromatic rings. The van der Waals surface area contributed by atoms with Gasteiger partial charge in [0.1, 0.15) is 30.6 Å². The zero-order valence-electron chi connectivity index (χ0n) is 21.4. The van der Waals surface area contributed by atoms with Crippen LogP contribution in [0.5, 0.6) is 5.75 Å².